The van der Waals surface area contributed by atoms with Gasteiger partial charge in [0.15, 0.2) is 0 Å². The average Bonchev–Trinajstić information content (AvgIpc) is 2.67. The van der Waals surface area contributed by atoms with Crippen LogP contribution < -0.4 is 0 Å². The zero-order valence-electron chi connectivity index (χ0n) is 18.8. The van der Waals surface area contributed by atoms with Gasteiger partial charge in [0.1, 0.15) is 0 Å². The van der Waals surface area contributed by atoms with E-state index >= 15 is 0 Å². The van der Waals surface area contributed by atoms with Gasteiger partial charge in [-0.15, -0.1) is 0 Å². The van der Waals surface area contributed by atoms with Crippen molar-refractivity contribution in [3.63, 3.8) is 0 Å². The topological polar surface area (TPSA) is 18.5 Å². The van der Waals surface area contributed by atoms with E-state index in [9.17, 15) is 0 Å². The van der Waals surface area contributed by atoms with E-state index < -0.39 is 8.56 Å². The van der Waals surface area contributed by atoms with Gasteiger partial charge in [-0.25, -0.2) is 0 Å². The predicted molar refractivity (Wildman–Crippen MR) is 119 cm³/mol. The molecule has 0 fully saturated rings. The van der Waals surface area contributed by atoms with Crippen LogP contribution in [-0.4, -0.2) is 22.8 Å². The minimum atomic E-state index is -1.88. The van der Waals surface area contributed by atoms with Crippen molar-refractivity contribution >= 4 is 8.56 Å². The summed E-state index contributed by atoms with van der Waals surface area (Å²) in [5.74, 6) is 0. The summed E-state index contributed by atoms with van der Waals surface area (Å²) in [5.41, 5.74) is 0. The van der Waals surface area contributed by atoms with Gasteiger partial charge in [0.2, 0.25) is 0 Å². The van der Waals surface area contributed by atoms with Crippen molar-refractivity contribution < 1.29 is 8.85 Å². The number of hydrogen-bond donors (Lipinski definition) is 0. The fraction of sp³-hybridized carbons (Fsp3) is 1.00. The highest BCUT2D eigenvalue weighted by molar-refractivity contribution is 6.67. The summed E-state index contributed by atoms with van der Waals surface area (Å²) in [4.78, 5) is 0. The summed E-state index contributed by atoms with van der Waals surface area (Å²) in [7, 11) is 1.85. The third-order valence-electron chi connectivity index (χ3n) is 5.82. The van der Waals surface area contributed by atoms with Crippen molar-refractivity contribution in [1.82, 2.24) is 0 Å². The molecule has 2 nitrogen and oxygen atoms in total. The van der Waals surface area contributed by atoms with Crippen LogP contribution in [0.3, 0.4) is 0 Å². The maximum Gasteiger partial charge on any atom is 0.337 e. The number of rotatable bonds is 21. The monoisotopic (exact) mass is 386 g/mol. The van der Waals surface area contributed by atoms with Gasteiger partial charge in [0.25, 0.3) is 0 Å². The molecule has 0 rings (SSSR count). The second-order valence-electron chi connectivity index (χ2n) is 8.12. The molecule has 0 aliphatic rings. The first-order valence-corrected chi connectivity index (χ1v) is 14.1. The molecule has 0 unspecified atom stereocenters. The second-order valence-corrected chi connectivity index (χ2v) is 11.8. The molecule has 0 saturated carbocycles. The molecule has 26 heavy (non-hydrogen) atoms. The number of unbranched alkanes of at least 4 members (excludes halogenated alkanes) is 15. The van der Waals surface area contributed by atoms with Gasteiger partial charge in [0.05, 0.1) is 0 Å². The minimum Gasteiger partial charge on any atom is -0.398 e. The number of hydrogen-bond acceptors (Lipinski definition) is 2. The van der Waals surface area contributed by atoms with E-state index in [1.807, 2.05) is 14.2 Å². The molecule has 0 aromatic heterocycles. The Hall–Kier alpha value is 0.137. The second kappa shape index (κ2) is 19.9. The van der Waals surface area contributed by atoms with Crippen LogP contribution in [0.15, 0.2) is 0 Å². The minimum absolute atomic E-state index is 1.17. The Bertz CT molecular complexity index is 267. The summed E-state index contributed by atoms with van der Waals surface area (Å²) in [6.45, 7) is 4.55. The van der Waals surface area contributed by atoms with E-state index in [0.29, 0.717) is 0 Å². The van der Waals surface area contributed by atoms with Gasteiger partial charge in [-0.2, -0.15) is 0 Å². The summed E-state index contributed by atoms with van der Waals surface area (Å²) in [6, 6.07) is 2.36. The van der Waals surface area contributed by atoms with Crippen LogP contribution in [-0.2, 0) is 8.85 Å². The van der Waals surface area contributed by atoms with Crippen molar-refractivity contribution in [2.45, 2.75) is 135 Å². The quantitative estimate of drug-likeness (QED) is 0.146. The Morgan fingerprint density at radius 3 is 1.04 bits per heavy atom. The van der Waals surface area contributed by atoms with Gasteiger partial charge >= 0.3 is 8.56 Å². The van der Waals surface area contributed by atoms with Gasteiger partial charge in [0, 0.05) is 14.2 Å². The van der Waals surface area contributed by atoms with Crippen LogP contribution in [0, 0.1) is 0 Å². The van der Waals surface area contributed by atoms with E-state index in [1.54, 1.807) is 0 Å². The lowest BCUT2D eigenvalue weighted by Gasteiger charge is -2.27. The lowest BCUT2D eigenvalue weighted by Crippen LogP contribution is -2.39. The maximum atomic E-state index is 5.86. The normalized spacial score (nSPS) is 12.0. The summed E-state index contributed by atoms with van der Waals surface area (Å²) >= 11 is 0. The zero-order valence-corrected chi connectivity index (χ0v) is 19.8. The predicted octanol–water partition coefficient (Wildman–Crippen LogP) is 8.39. The Morgan fingerprint density at radius 1 is 0.423 bits per heavy atom. The smallest absolute Gasteiger partial charge is 0.337 e. The van der Waals surface area contributed by atoms with Gasteiger partial charge < -0.3 is 8.85 Å². The first-order chi connectivity index (χ1) is 12.7. The first kappa shape index (κ1) is 26.1. The highest BCUT2D eigenvalue weighted by Gasteiger charge is 2.33. The standard InChI is InChI=1S/C23H50O2Si/c1-5-7-9-10-11-12-13-14-15-16-17-18-19-21-23-26(24-3,25-4)22-20-8-6-2/h5-23H2,1-4H3. The summed E-state index contributed by atoms with van der Waals surface area (Å²) in [5, 5.41) is 0. The van der Waals surface area contributed by atoms with Crippen LogP contribution >= 0.6 is 0 Å². The van der Waals surface area contributed by atoms with E-state index in [-0.39, 0.29) is 0 Å². The van der Waals surface area contributed by atoms with Crippen molar-refractivity contribution in [2.24, 2.45) is 0 Å². The molecule has 3 heteroatoms. The fourth-order valence-electron chi connectivity index (χ4n) is 3.85. The fourth-order valence-corrected chi connectivity index (χ4v) is 6.66. The third kappa shape index (κ3) is 15.2. The van der Waals surface area contributed by atoms with Crippen LogP contribution in [0.2, 0.25) is 12.1 Å². The highest BCUT2D eigenvalue weighted by atomic mass is 28.4. The van der Waals surface area contributed by atoms with Crippen molar-refractivity contribution in [1.29, 1.82) is 0 Å². The maximum absolute atomic E-state index is 5.86. The average molecular weight is 387 g/mol. The molecule has 0 bridgehead atoms. The Morgan fingerprint density at radius 2 is 0.692 bits per heavy atom. The van der Waals surface area contributed by atoms with E-state index in [1.165, 1.54) is 121 Å². The van der Waals surface area contributed by atoms with Crippen LogP contribution in [0.4, 0.5) is 0 Å². The van der Waals surface area contributed by atoms with E-state index in [4.69, 9.17) is 8.85 Å². The zero-order chi connectivity index (χ0) is 19.3. The summed E-state index contributed by atoms with van der Waals surface area (Å²) in [6.07, 6.45) is 23.7. The van der Waals surface area contributed by atoms with Gasteiger partial charge in [-0.05, 0) is 12.1 Å². The third-order valence-corrected chi connectivity index (χ3v) is 9.54. The van der Waals surface area contributed by atoms with Gasteiger partial charge in [-0.1, -0.05) is 123 Å². The molecule has 0 saturated heterocycles. The Balaban J connectivity index is 3.45. The molecule has 0 N–H and O–H groups in total. The lowest BCUT2D eigenvalue weighted by atomic mass is 10.0. The molecule has 0 spiro atoms. The molecule has 158 valence electrons. The molecule has 0 atom stereocenters. The Labute approximate surface area is 167 Å². The van der Waals surface area contributed by atoms with Crippen LogP contribution in [0.1, 0.15) is 123 Å². The molecule has 0 aliphatic heterocycles. The molecule has 0 aromatic carbocycles. The largest absolute Gasteiger partial charge is 0.398 e. The lowest BCUT2D eigenvalue weighted by molar-refractivity contribution is 0.238. The Kier molecular flexibility index (Phi) is 20.0. The summed E-state index contributed by atoms with van der Waals surface area (Å²) < 4.78 is 11.7. The SMILES string of the molecule is CCCCCCCCCCCCCCCC[Si](CCCCC)(OC)OC. The van der Waals surface area contributed by atoms with E-state index in [0.717, 1.165) is 0 Å². The first-order valence-electron chi connectivity index (χ1n) is 11.8. The van der Waals surface area contributed by atoms with E-state index in [2.05, 4.69) is 13.8 Å². The molecule has 0 aliphatic carbocycles. The highest BCUT2D eigenvalue weighted by Crippen LogP contribution is 2.24. The molecular formula is C23H50O2Si. The van der Waals surface area contributed by atoms with Gasteiger partial charge in [-0.3, -0.25) is 0 Å². The molecule has 0 heterocycles. The van der Waals surface area contributed by atoms with Crippen molar-refractivity contribution in [3.05, 3.63) is 0 Å². The van der Waals surface area contributed by atoms with Crippen LogP contribution in [0.25, 0.3) is 0 Å². The van der Waals surface area contributed by atoms with Crippen molar-refractivity contribution in [3.8, 4) is 0 Å². The van der Waals surface area contributed by atoms with Crippen LogP contribution in [0.5, 0.6) is 0 Å². The molecule has 0 radical (unpaired) electrons. The molecule has 0 amide bonds. The van der Waals surface area contributed by atoms with Crippen molar-refractivity contribution in [2.75, 3.05) is 14.2 Å². The molecule has 0 aromatic rings. The molecular weight excluding hydrogens is 336 g/mol.